The molecule has 4 nitrogen and oxygen atoms in total. The minimum Gasteiger partial charge on any atom is -0.468 e. The molecule has 1 saturated carbocycles. The summed E-state index contributed by atoms with van der Waals surface area (Å²) in [7, 11) is 1.29. The van der Waals surface area contributed by atoms with Gasteiger partial charge in [0.15, 0.2) is 5.92 Å². The van der Waals surface area contributed by atoms with Gasteiger partial charge in [0.2, 0.25) is 0 Å². The molecule has 14 heavy (non-hydrogen) atoms. The molecular weight excluding hydrogens is 184 g/mol. The van der Waals surface area contributed by atoms with Crippen LogP contribution in [0.3, 0.4) is 0 Å². The van der Waals surface area contributed by atoms with Gasteiger partial charge in [-0.25, -0.2) is 0 Å². The second kappa shape index (κ2) is 2.97. The maximum Gasteiger partial charge on any atom is 0.321 e. The van der Waals surface area contributed by atoms with Crippen molar-refractivity contribution >= 4 is 11.9 Å². The molecule has 78 valence electrons. The molecule has 0 aromatic heterocycles. The van der Waals surface area contributed by atoms with Gasteiger partial charge in [0.1, 0.15) is 5.60 Å². The standard InChI is InChI=1S/C10H14O4/c1-10(6-3-4-6)5-7(8(11)13-2)9(12)14-10/h6-7H,3-5H2,1-2H3/t7-,10+/m0/s1. The first-order valence-corrected chi connectivity index (χ1v) is 4.87. The SMILES string of the molecule is COC(=O)[C@@H]1C[C@](C)(C2CC2)OC1=O. The molecule has 0 N–H and O–H groups in total. The van der Waals surface area contributed by atoms with Crippen LogP contribution < -0.4 is 0 Å². The second-order valence-corrected chi connectivity index (χ2v) is 4.29. The molecule has 1 saturated heterocycles. The number of rotatable bonds is 2. The Morgan fingerprint density at radius 3 is 2.71 bits per heavy atom. The highest BCUT2D eigenvalue weighted by atomic mass is 16.6. The lowest BCUT2D eigenvalue weighted by atomic mass is 9.91. The predicted octanol–water partition coefficient (Wildman–Crippen LogP) is 0.891. The minimum absolute atomic E-state index is 0.421. The number of hydrogen-bond acceptors (Lipinski definition) is 4. The third-order valence-corrected chi connectivity index (χ3v) is 3.15. The fourth-order valence-corrected chi connectivity index (χ4v) is 2.10. The predicted molar refractivity (Wildman–Crippen MR) is 47.3 cm³/mol. The molecule has 0 aromatic carbocycles. The molecule has 2 aliphatic rings. The van der Waals surface area contributed by atoms with Crippen molar-refractivity contribution in [3.63, 3.8) is 0 Å². The molecule has 2 atom stereocenters. The number of carbonyl (C=O) groups is 2. The van der Waals surface area contributed by atoms with Crippen molar-refractivity contribution in [1.82, 2.24) is 0 Å². The topological polar surface area (TPSA) is 52.6 Å². The van der Waals surface area contributed by atoms with Crippen LogP contribution in [0.4, 0.5) is 0 Å². The Bertz CT molecular complexity index is 282. The maximum atomic E-state index is 11.4. The highest BCUT2D eigenvalue weighted by Crippen LogP contribution is 2.48. The van der Waals surface area contributed by atoms with Gasteiger partial charge in [0, 0.05) is 6.42 Å². The molecule has 0 amide bonds. The van der Waals surface area contributed by atoms with Crippen molar-refractivity contribution in [3.8, 4) is 0 Å². The van der Waals surface area contributed by atoms with E-state index in [4.69, 9.17) is 4.74 Å². The smallest absolute Gasteiger partial charge is 0.321 e. The van der Waals surface area contributed by atoms with Crippen LogP contribution in [-0.4, -0.2) is 24.6 Å². The molecule has 0 aromatic rings. The Morgan fingerprint density at radius 1 is 1.57 bits per heavy atom. The average Bonchev–Trinajstić information content (AvgIpc) is 2.93. The summed E-state index contributed by atoms with van der Waals surface area (Å²) in [6.45, 7) is 1.91. The summed E-state index contributed by atoms with van der Waals surface area (Å²) in [4.78, 5) is 22.6. The van der Waals surface area contributed by atoms with Gasteiger partial charge in [0.05, 0.1) is 7.11 Å². The van der Waals surface area contributed by atoms with Gasteiger partial charge >= 0.3 is 11.9 Å². The van der Waals surface area contributed by atoms with Crippen LogP contribution in [0.15, 0.2) is 0 Å². The van der Waals surface area contributed by atoms with E-state index in [0.717, 1.165) is 12.8 Å². The van der Waals surface area contributed by atoms with Crippen LogP contribution in [-0.2, 0) is 19.1 Å². The molecule has 2 fully saturated rings. The molecular formula is C10H14O4. The molecule has 0 spiro atoms. The summed E-state index contributed by atoms with van der Waals surface area (Å²) in [6.07, 6.45) is 2.67. The van der Waals surface area contributed by atoms with Crippen molar-refractivity contribution in [3.05, 3.63) is 0 Å². The van der Waals surface area contributed by atoms with Crippen molar-refractivity contribution < 1.29 is 19.1 Å². The van der Waals surface area contributed by atoms with E-state index >= 15 is 0 Å². The highest BCUT2D eigenvalue weighted by molar-refractivity contribution is 5.96. The van der Waals surface area contributed by atoms with E-state index in [1.54, 1.807) is 0 Å². The quantitative estimate of drug-likeness (QED) is 0.488. The van der Waals surface area contributed by atoms with Gasteiger partial charge < -0.3 is 9.47 Å². The minimum atomic E-state index is -0.703. The summed E-state index contributed by atoms with van der Waals surface area (Å²) < 4.78 is 9.83. The van der Waals surface area contributed by atoms with Crippen molar-refractivity contribution in [2.75, 3.05) is 7.11 Å². The second-order valence-electron chi connectivity index (χ2n) is 4.29. The molecule has 0 bridgehead atoms. The molecule has 1 aliphatic carbocycles. The van der Waals surface area contributed by atoms with E-state index in [2.05, 4.69) is 4.74 Å². The first kappa shape index (κ1) is 9.49. The van der Waals surface area contributed by atoms with Crippen LogP contribution in [0.5, 0.6) is 0 Å². The van der Waals surface area contributed by atoms with Crippen LogP contribution in [0.1, 0.15) is 26.2 Å². The highest BCUT2D eigenvalue weighted by Gasteiger charge is 2.54. The monoisotopic (exact) mass is 198 g/mol. The average molecular weight is 198 g/mol. The Labute approximate surface area is 82.6 Å². The Balaban J connectivity index is 2.09. The van der Waals surface area contributed by atoms with Gasteiger partial charge in [-0.1, -0.05) is 0 Å². The summed E-state index contributed by atoms with van der Waals surface area (Å²) in [5.41, 5.74) is -0.421. The Hall–Kier alpha value is -1.06. The zero-order valence-electron chi connectivity index (χ0n) is 8.41. The summed E-state index contributed by atoms with van der Waals surface area (Å²) in [5, 5.41) is 0. The fourth-order valence-electron chi connectivity index (χ4n) is 2.10. The molecule has 1 aliphatic heterocycles. The third-order valence-electron chi connectivity index (χ3n) is 3.15. The van der Waals surface area contributed by atoms with Gasteiger partial charge in [-0.15, -0.1) is 0 Å². The normalized spacial score (nSPS) is 36.7. The number of hydrogen-bond donors (Lipinski definition) is 0. The van der Waals surface area contributed by atoms with E-state index < -0.39 is 23.5 Å². The molecule has 1 heterocycles. The van der Waals surface area contributed by atoms with Gasteiger partial charge in [-0.2, -0.15) is 0 Å². The van der Waals surface area contributed by atoms with Crippen LogP contribution in [0.25, 0.3) is 0 Å². The first-order valence-electron chi connectivity index (χ1n) is 4.87. The zero-order chi connectivity index (χ0) is 10.3. The van der Waals surface area contributed by atoms with Gasteiger partial charge in [0.25, 0.3) is 0 Å². The fraction of sp³-hybridized carbons (Fsp3) is 0.800. The van der Waals surface area contributed by atoms with E-state index in [9.17, 15) is 9.59 Å². The van der Waals surface area contributed by atoms with Gasteiger partial charge in [-0.3, -0.25) is 9.59 Å². The number of carbonyl (C=O) groups excluding carboxylic acids is 2. The number of ether oxygens (including phenoxy) is 2. The lowest BCUT2D eigenvalue weighted by molar-refractivity contribution is -0.157. The van der Waals surface area contributed by atoms with E-state index in [1.165, 1.54) is 7.11 Å². The Kier molecular flexibility index (Phi) is 2.01. The first-order chi connectivity index (χ1) is 6.57. The maximum absolute atomic E-state index is 11.4. The molecule has 2 rings (SSSR count). The lowest BCUT2D eigenvalue weighted by Crippen LogP contribution is -2.26. The summed E-state index contributed by atoms with van der Waals surface area (Å²) >= 11 is 0. The Morgan fingerprint density at radius 2 is 2.21 bits per heavy atom. The largest absolute Gasteiger partial charge is 0.468 e. The van der Waals surface area contributed by atoms with Gasteiger partial charge in [-0.05, 0) is 25.7 Å². The number of cyclic esters (lactones) is 1. The zero-order valence-corrected chi connectivity index (χ0v) is 8.41. The van der Waals surface area contributed by atoms with Crippen molar-refractivity contribution in [1.29, 1.82) is 0 Å². The lowest BCUT2D eigenvalue weighted by Gasteiger charge is -2.21. The summed E-state index contributed by atoms with van der Waals surface area (Å²) in [6, 6.07) is 0. The van der Waals surface area contributed by atoms with E-state index in [1.807, 2.05) is 6.92 Å². The molecule has 0 unspecified atom stereocenters. The van der Waals surface area contributed by atoms with E-state index in [-0.39, 0.29) is 0 Å². The van der Waals surface area contributed by atoms with E-state index in [0.29, 0.717) is 12.3 Å². The summed E-state index contributed by atoms with van der Waals surface area (Å²) in [5.74, 6) is -1.16. The van der Waals surface area contributed by atoms with Crippen LogP contribution in [0, 0.1) is 11.8 Å². The van der Waals surface area contributed by atoms with Crippen LogP contribution >= 0.6 is 0 Å². The van der Waals surface area contributed by atoms with Crippen molar-refractivity contribution in [2.45, 2.75) is 31.8 Å². The number of esters is 2. The van der Waals surface area contributed by atoms with Crippen molar-refractivity contribution in [2.24, 2.45) is 11.8 Å². The third kappa shape index (κ3) is 1.38. The molecule has 0 radical (unpaired) electrons. The number of methoxy groups -OCH3 is 1. The molecule has 4 heteroatoms. The van der Waals surface area contributed by atoms with Crippen LogP contribution in [0.2, 0.25) is 0 Å².